The van der Waals surface area contributed by atoms with E-state index in [9.17, 15) is 4.79 Å². The summed E-state index contributed by atoms with van der Waals surface area (Å²) in [7, 11) is 0. The fraction of sp³-hybridized carbons (Fsp3) is 0.800. The number of oxime groups is 1. The van der Waals surface area contributed by atoms with Gasteiger partial charge >= 0.3 is 0 Å². The highest BCUT2D eigenvalue weighted by molar-refractivity contribution is 5.94. The van der Waals surface area contributed by atoms with Crippen LogP contribution in [0.2, 0.25) is 0 Å². The molecule has 3 nitrogen and oxygen atoms in total. The molecule has 2 aliphatic rings. The van der Waals surface area contributed by atoms with Crippen molar-refractivity contribution in [3.8, 4) is 0 Å². The largest absolute Gasteiger partial charge is 0.411 e. The highest BCUT2D eigenvalue weighted by atomic mass is 16.4. The summed E-state index contributed by atoms with van der Waals surface area (Å²) < 4.78 is 0. The molecule has 2 fully saturated rings. The van der Waals surface area contributed by atoms with Gasteiger partial charge in [-0.25, -0.2) is 0 Å². The molecular weight excluding hydrogens is 166 g/mol. The molecule has 0 aromatic rings. The third-order valence-corrected chi connectivity index (χ3v) is 3.81. The minimum atomic E-state index is 0.0165. The lowest BCUT2D eigenvalue weighted by Gasteiger charge is -2.35. The molecule has 3 heteroatoms. The van der Waals surface area contributed by atoms with Crippen LogP contribution in [-0.2, 0) is 4.79 Å². The summed E-state index contributed by atoms with van der Waals surface area (Å²) in [5.41, 5.74) is 0.924. The molecule has 0 amide bonds. The maximum Gasteiger partial charge on any atom is 0.133 e. The zero-order chi connectivity index (χ0) is 9.47. The van der Waals surface area contributed by atoms with Gasteiger partial charge in [0.15, 0.2) is 0 Å². The van der Waals surface area contributed by atoms with Crippen molar-refractivity contribution in [3.05, 3.63) is 0 Å². The van der Waals surface area contributed by atoms with Crippen LogP contribution in [-0.4, -0.2) is 16.7 Å². The lowest BCUT2D eigenvalue weighted by molar-refractivity contribution is -0.123. The Bertz CT molecular complexity index is 272. The van der Waals surface area contributed by atoms with Crippen LogP contribution in [0.3, 0.4) is 0 Å². The van der Waals surface area contributed by atoms with Crippen LogP contribution < -0.4 is 0 Å². The fourth-order valence-electron chi connectivity index (χ4n) is 2.77. The van der Waals surface area contributed by atoms with Gasteiger partial charge in [-0.1, -0.05) is 12.1 Å². The molecule has 0 spiro atoms. The third kappa shape index (κ3) is 1.18. The van der Waals surface area contributed by atoms with Gasteiger partial charge in [-0.15, -0.1) is 0 Å². The lowest BCUT2D eigenvalue weighted by atomic mass is 9.68. The molecule has 0 unspecified atom stereocenters. The summed E-state index contributed by atoms with van der Waals surface area (Å²) in [5.74, 6) is 0.807. The number of hydrogen-bond acceptors (Lipinski definition) is 3. The van der Waals surface area contributed by atoms with Crippen molar-refractivity contribution in [2.75, 3.05) is 0 Å². The van der Waals surface area contributed by atoms with E-state index in [1.54, 1.807) is 0 Å². The van der Waals surface area contributed by atoms with Crippen molar-refractivity contribution in [1.29, 1.82) is 0 Å². The molecule has 0 aromatic heterocycles. The molecule has 1 N–H and O–H groups in total. The first-order valence-corrected chi connectivity index (χ1v) is 4.90. The van der Waals surface area contributed by atoms with Crippen LogP contribution in [0.4, 0.5) is 0 Å². The summed E-state index contributed by atoms with van der Waals surface area (Å²) in [6, 6.07) is 0. The highest BCUT2D eigenvalue weighted by Crippen LogP contribution is 2.49. The third-order valence-electron chi connectivity index (χ3n) is 3.81. The fourth-order valence-corrected chi connectivity index (χ4v) is 2.77. The molecule has 2 aliphatic carbocycles. The van der Waals surface area contributed by atoms with E-state index in [2.05, 4.69) is 12.1 Å². The number of ketones is 1. The maximum absolute atomic E-state index is 11.2. The van der Waals surface area contributed by atoms with E-state index >= 15 is 0 Å². The number of hydrogen-bond donors (Lipinski definition) is 1. The molecule has 0 aliphatic heterocycles. The zero-order valence-corrected chi connectivity index (χ0v) is 7.92. The van der Waals surface area contributed by atoms with Crippen molar-refractivity contribution >= 4 is 11.5 Å². The molecule has 2 rings (SSSR count). The standard InChI is InChI=1S/C10H15NO2/c1-10-5-4-8(12)6-7(10)2-3-9(10)11-13/h7,13H,2-6H2,1H3/b11-9+/t7-,10+/m1/s1. The minimum absolute atomic E-state index is 0.0165. The summed E-state index contributed by atoms with van der Waals surface area (Å²) in [4.78, 5) is 11.2. The van der Waals surface area contributed by atoms with E-state index in [0.29, 0.717) is 24.5 Å². The van der Waals surface area contributed by atoms with E-state index in [-0.39, 0.29) is 5.41 Å². The Morgan fingerprint density at radius 1 is 1.54 bits per heavy atom. The monoisotopic (exact) mass is 181 g/mol. The molecule has 0 aromatic carbocycles. The van der Waals surface area contributed by atoms with Crippen LogP contribution in [0.5, 0.6) is 0 Å². The Morgan fingerprint density at radius 3 is 3.00 bits per heavy atom. The lowest BCUT2D eigenvalue weighted by Crippen LogP contribution is -2.35. The topological polar surface area (TPSA) is 49.7 Å². The molecule has 0 heterocycles. The molecule has 2 atom stereocenters. The van der Waals surface area contributed by atoms with Crippen molar-refractivity contribution in [2.45, 2.75) is 39.0 Å². The molecule has 0 bridgehead atoms. The molecule has 0 saturated heterocycles. The van der Waals surface area contributed by atoms with E-state index < -0.39 is 0 Å². The van der Waals surface area contributed by atoms with Crippen molar-refractivity contribution in [1.82, 2.24) is 0 Å². The van der Waals surface area contributed by atoms with Gasteiger partial charge in [-0.2, -0.15) is 0 Å². The maximum atomic E-state index is 11.2. The van der Waals surface area contributed by atoms with Crippen molar-refractivity contribution < 1.29 is 10.0 Å². The second-order valence-electron chi connectivity index (χ2n) is 4.44. The Labute approximate surface area is 77.8 Å². The minimum Gasteiger partial charge on any atom is -0.411 e. The Morgan fingerprint density at radius 2 is 2.31 bits per heavy atom. The summed E-state index contributed by atoms with van der Waals surface area (Å²) in [5, 5.41) is 12.2. The van der Waals surface area contributed by atoms with Crippen LogP contribution in [0, 0.1) is 11.3 Å². The molecule has 72 valence electrons. The molecular formula is C10H15NO2. The Balaban J connectivity index is 2.26. The van der Waals surface area contributed by atoms with E-state index in [0.717, 1.165) is 25.0 Å². The molecule has 13 heavy (non-hydrogen) atoms. The predicted molar refractivity (Wildman–Crippen MR) is 48.9 cm³/mol. The van der Waals surface area contributed by atoms with Crippen LogP contribution in [0.15, 0.2) is 5.16 Å². The highest BCUT2D eigenvalue weighted by Gasteiger charge is 2.47. The first-order chi connectivity index (χ1) is 6.16. The van der Waals surface area contributed by atoms with E-state index in [4.69, 9.17) is 5.21 Å². The zero-order valence-electron chi connectivity index (χ0n) is 7.92. The number of nitrogens with zero attached hydrogens (tertiary/aromatic N) is 1. The Kier molecular flexibility index (Phi) is 1.90. The quantitative estimate of drug-likeness (QED) is 0.459. The van der Waals surface area contributed by atoms with Gasteiger partial charge in [0.2, 0.25) is 0 Å². The second kappa shape index (κ2) is 2.82. The first-order valence-electron chi connectivity index (χ1n) is 4.90. The smallest absolute Gasteiger partial charge is 0.133 e. The Hall–Kier alpha value is -0.860. The number of carbonyl (C=O) groups excluding carboxylic acids is 1. The van der Waals surface area contributed by atoms with Gasteiger partial charge in [0, 0.05) is 18.3 Å². The van der Waals surface area contributed by atoms with Crippen LogP contribution in [0.25, 0.3) is 0 Å². The van der Waals surface area contributed by atoms with Gasteiger partial charge in [0.1, 0.15) is 5.78 Å². The molecule has 0 radical (unpaired) electrons. The van der Waals surface area contributed by atoms with Crippen LogP contribution >= 0.6 is 0 Å². The van der Waals surface area contributed by atoms with Crippen molar-refractivity contribution in [3.63, 3.8) is 0 Å². The van der Waals surface area contributed by atoms with Crippen LogP contribution in [0.1, 0.15) is 39.0 Å². The normalized spacial score (nSPS) is 42.4. The van der Waals surface area contributed by atoms with E-state index in [1.165, 1.54) is 0 Å². The first kappa shape index (κ1) is 8.73. The average molecular weight is 181 g/mol. The SMILES string of the molecule is C[C@]12CCC(=O)C[C@H]1CC/C2=N\O. The average Bonchev–Trinajstić information content (AvgIpc) is 2.42. The van der Waals surface area contributed by atoms with Gasteiger partial charge in [-0.3, -0.25) is 4.79 Å². The van der Waals surface area contributed by atoms with Crippen molar-refractivity contribution in [2.24, 2.45) is 16.5 Å². The number of Topliss-reactive ketones (excluding diaryl/α,β-unsaturated/α-hetero) is 1. The van der Waals surface area contributed by atoms with Gasteiger partial charge < -0.3 is 5.21 Å². The summed E-state index contributed by atoms with van der Waals surface area (Å²) >= 11 is 0. The van der Waals surface area contributed by atoms with E-state index in [1.807, 2.05) is 0 Å². The van der Waals surface area contributed by atoms with Gasteiger partial charge in [0.05, 0.1) is 5.71 Å². The second-order valence-corrected chi connectivity index (χ2v) is 4.44. The molecule has 2 saturated carbocycles. The number of fused-ring (bicyclic) bond motifs is 1. The number of carbonyl (C=O) groups is 1. The van der Waals surface area contributed by atoms with Gasteiger partial charge in [-0.05, 0) is 25.2 Å². The van der Waals surface area contributed by atoms with Gasteiger partial charge in [0.25, 0.3) is 0 Å². The number of rotatable bonds is 0. The predicted octanol–water partition coefficient (Wildman–Crippen LogP) is 1.99. The summed E-state index contributed by atoms with van der Waals surface area (Å²) in [6.07, 6.45) is 4.10. The summed E-state index contributed by atoms with van der Waals surface area (Å²) in [6.45, 7) is 2.13.